The fourth-order valence-electron chi connectivity index (χ4n) is 2.72. The van der Waals surface area contributed by atoms with E-state index in [9.17, 15) is 4.79 Å². The number of carbonyl (C=O) groups is 1. The van der Waals surface area contributed by atoms with Crippen molar-refractivity contribution in [2.24, 2.45) is 0 Å². The van der Waals surface area contributed by atoms with E-state index in [2.05, 4.69) is 19.9 Å². The van der Waals surface area contributed by atoms with Gasteiger partial charge < -0.3 is 9.47 Å². The van der Waals surface area contributed by atoms with Crippen LogP contribution in [0.25, 0.3) is 0 Å². The minimum atomic E-state index is 0. The van der Waals surface area contributed by atoms with E-state index in [1.165, 1.54) is 11.1 Å². The third-order valence-electron chi connectivity index (χ3n) is 4.24. The first-order chi connectivity index (χ1) is 10.9. The van der Waals surface area contributed by atoms with Crippen molar-refractivity contribution in [3.8, 4) is 11.5 Å². The molecule has 1 unspecified atom stereocenters. The number of carbonyl (C=O) groups excluding carboxylic acids is 1. The molecule has 24 heavy (non-hydrogen) atoms. The molecule has 0 spiro atoms. The van der Waals surface area contributed by atoms with Gasteiger partial charge >= 0.3 is 18.9 Å². The molecule has 2 aromatic rings. The fraction of sp³-hybridized carbons (Fsp3) is 0.316. The van der Waals surface area contributed by atoms with Gasteiger partial charge in [0.15, 0.2) is 5.52 Å². The topological polar surface area (TPSA) is 35.5 Å². The number of rotatable bonds is 5. The second-order valence-corrected chi connectivity index (χ2v) is 6.90. The Morgan fingerprint density at radius 3 is 2.17 bits per heavy atom. The van der Waals surface area contributed by atoms with Crippen LogP contribution in [0.1, 0.15) is 32.6 Å². The summed E-state index contributed by atoms with van der Waals surface area (Å²) in [6.45, 7) is 8.18. The number of ether oxygens (including phenoxy) is 2. The zero-order valence-corrected chi connectivity index (χ0v) is 15.5. The van der Waals surface area contributed by atoms with Crippen molar-refractivity contribution < 1.29 is 14.3 Å². The molecule has 3 nitrogen and oxygen atoms in total. The summed E-state index contributed by atoms with van der Waals surface area (Å²) in [5.74, 6) is 1.41. The minimum absolute atomic E-state index is 0. The van der Waals surface area contributed by atoms with Gasteiger partial charge in [-0.05, 0) is 70.7 Å². The van der Waals surface area contributed by atoms with Crippen LogP contribution in [0.2, 0.25) is 0 Å². The monoisotopic (exact) mass is 338 g/mol. The van der Waals surface area contributed by atoms with E-state index in [1.54, 1.807) is 14.2 Å². The van der Waals surface area contributed by atoms with E-state index in [1.807, 2.05) is 32.0 Å². The summed E-state index contributed by atoms with van der Waals surface area (Å²) in [6.07, 6.45) is 0. The zero-order chi connectivity index (χ0) is 17.1. The summed E-state index contributed by atoms with van der Waals surface area (Å²) in [6, 6.07) is 7.67. The molecule has 0 aromatic heterocycles. The van der Waals surface area contributed by atoms with Crippen LogP contribution in [0.3, 0.4) is 0 Å². The van der Waals surface area contributed by atoms with Crippen LogP contribution in [0.5, 0.6) is 11.5 Å². The van der Waals surface area contributed by atoms with Crippen LogP contribution in [0.15, 0.2) is 24.3 Å². The van der Waals surface area contributed by atoms with Crippen LogP contribution in [-0.4, -0.2) is 38.6 Å². The Labute approximate surface area is 158 Å². The van der Waals surface area contributed by atoms with Gasteiger partial charge in [-0.15, -0.1) is 0 Å². The van der Waals surface area contributed by atoms with Gasteiger partial charge in [-0.1, -0.05) is 6.07 Å². The van der Waals surface area contributed by atoms with E-state index in [0.717, 1.165) is 27.7 Å². The molecule has 0 aliphatic carbocycles. The number of hydrogen-bond acceptors (Lipinski definition) is 3. The maximum atomic E-state index is 12.9. The van der Waals surface area contributed by atoms with E-state index in [0.29, 0.717) is 5.75 Å². The third-order valence-corrected chi connectivity index (χ3v) is 5.40. The first-order valence-corrected chi connectivity index (χ1v) is 8.49. The predicted molar refractivity (Wildman–Crippen MR) is 104 cm³/mol. The van der Waals surface area contributed by atoms with Gasteiger partial charge in [0.05, 0.1) is 14.2 Å². The Bertz CT molecular complexity index is 757. The molecular weight excluding hydrogens is 314 g/mol. The van der Waals surface area contributed by atoms with Crippen LogP contribution in [-0.2, 0) is 0 Å². The number of methoxy groups -OCH3 is 2. The molecule has 0 radical (unpaired) electrons. The zero-order valence-electron chi connectivity index (χ0n) is 14.5. The van der Waals surface area contributed by atoms with Gasteiger partial charge in [-0.3, -0.25) is 4.79 Å². The van der Waals surface area contributed by atoms with E-state index in [4.69, 9.17) is 9.47 Å². The SMILES string of the molecule is COc1ccc(PC(=O)c2c(C)cc(C)c(C)c2C)c(OC)c1.[LiH]. The Morgan fingerprint density at radius 2 is 1.58 bits per heavy atom. The fourth-order valence-corrected chi connectivity index (χ4v) is 3.94. The van der Waals surface area contributed by atoms with Gasteiger partial charge in [0.1, 0.15) is 11.5 Å². The van der Waals surface area contributed by atoms with Crippen LogP contribution in [0.4, 0.5) is 0 Å². The summed E-state index contributed by atoms with van der Waals surface area (Å²) < 4.78 is 10.6. The molecular formula is C19H24LiO3P. The van der Waals surface area contributed by atoms with Crippen molar-refractivity contribution in [1.29, 1.82) is 0 Å². The molecule has 0 aliphatic heterocycles. The number of aryl methyl sites for hydroxylation is 2. The van der Waals surface area contributed by atoms with Crippen molar-refractivity contribution in [3.05, 3.63) is 52.1 Å². The van der Waals surface area contributed by atoms with Gasteiger partial charge in [-0.2, -0.15) is 0 Å². The summed E-state index contributed by atoms with van der Waals surface area (Å²) in [5, 5.41) is 0.898. The number of hydrogen-bond donors (Lipinski definition) is 0. The van der Waals surface area contributed by atoms with Gasteiger partial charge in [0.25, 0.3) is 0 Å². The summed E-state index contributed by atoms with van der Waals surface area (Å²) >= 11 is 0. The molecule has 2 rings (SSSR count). The Morgan fingerprint density at radius 1 is 0.917 bits per heavy atom. The summed E-state index contributed by atoms with van der Waals surface area (Å²) in [5.41, 5.74) is 5.51. The van der Waals surface area contributed by atoms with Crippen LogP contribution in [0, 0.1) is 27.7 Å². The summed E-state index contributed by atoms with van der Waals surface area (Å²) in [7, 11) is 3.25. The average molecular weight is 338 g/mol. The van der Waals surface area contributed by atoms with Crippen molar-refractivity contribution in [2.45, 2.75) is 27.7 Å². The van der Waals surface area contributed by atoms with Crippen LogP contribution >= 0.6 is 8.58 Å². The van der Waals surface area contributed by atoms with E-state index >= 15 is 0 Å². The third kappa shape index (κ3) is 4.22. The quantitative estimate of drug-likeness (QED) is 0.619. The first-order valence-electron chi connectivity index (χ1n) is 7.49. The number of benzene rings is 2. The van der Waals surface area contributed by atoms with Crippen molar-refractivity contribution >= 4 is 38.3 Å². The molecule has 0 saturated carbocycles. The average Bonchev–Trinajstić information content (AvgIpc) is 2.53. The molecule has 1 atom stereocenters. The Balaban J connectivity index is 0.00000288. The van der Waals surface area contributed by atoms with Gasteiger partial charge in [0, 0.05) is 16.9 Å². The Kier molecular flexibility index (Phi) is 7.55. The van der Waals surface area contributed by atoms with Crippen molar-refractivity contribution in [2.75, 3.05) is 14.2 Å². The molecule has 0 amide bonds. The predicted octanol–water partition coefficient (Wildman–Crippen LogP) is 3.43. The van der Waals surface area contributed by atoms with Crippen LogP contribution < -0.4 is 14.8 Å². The maximum absolute atomic E-state index is 12.9. The first kappa shape index (κ1) is 20.8. The second-order valence-electron chi connectivity index (χ2n) is 5.66. The Hall–Kier alpha value is -1.26. The second kappa shape index (κ2) is 8.72. The molecule has 5 heteroatoms. The normalized spacial score (nSPS) is 10.6. The molecule has 124 valence electrons. The molecule has 0 N–H and O–H groups in total. The van der Waals surface area contributed by atoms with Crippen molar-refractivity contribution in [3.63, 3.8) is 0 Å². The molecule has 0 heterocycles. The molecule has 0 saturated heterocycles. The van der Waals surface area contributed by atoms with E-state index < -0.39 is 0 Å². The molecule has 0 aliphatic rings. The molecule has 2 aromatic carbocycles. The van der Waals surface area contributed by atoms with Crippen molar-refractivity contribution in [1.82, 2.24) is 0 Å². The summed E-state index contributed by atoms with van der Waals surface area (Å²) in [4.78, 5) is 12.9. The molecule has 0 bridgehead atoms. The van der Waals surface area contributed by atoms with E-state index in [-0.39, 0.29) is 33.0 Å². The molecule has 0 fully saturated rings. The standard InChI is InChI=1S/C19H23O3P.Li.H/c1-11-9-12(2)18(14(4)13(11)3)19(20)23-17-8-7-15(21-5)10-16(17)22-6;;/h7-10,23H,1-6H3;;. The van der Waals surface area contributed by atoms with Gasteiger partial charge in [0.2, 0.25) is 0 Å². The van der Waals surface area contributed by atoms with Gasteiger partial charge in [-0.25, -0.2) is 0 Å².